The largest absolute Gasteiger partial charge is 0.459 e. The molecule has 2 fully saturated rings. The van der Waals surface area contributed by atoms with Crippen molar-refractivity contribution in [2.45, 2.75) is 25.7 Å². The number of anilines is 1. The number of benzene rings is 1. The van der Waals surface area contributed by atoms with Gasteiger partial charge >= 0.3 is 0 Å². The minimum absolute atomic E-state index is 0.0553. The summed E-state index contributed by atoms with van der Waals surface area (Å²) in [6.45, 7) is 3.48. The van der Waals surface area contributed by atoms with Crippen LogP contribution in [-0.2, 0) is 16.0 Å². The van der Waals surface area contributed by atoms with E-state index in [4.69, 9.17) is 8.83 Å². The van der Waals surface area contributed by atoms with Gasteiger partial charge in [0.25, 0.3) is 5.89 Å². The Hall–Kier alpha value is -4.06. The zero-order chi connectivity index (χ0) is 24.9. The third-order valence-corrected chi connectivity index (χ3v) is 6.99. The molecule has 0 unspecified atom stereocenters. The number of rotatable bonds is 6. The number of nitriles is 1. The summed E-state index contributed by atoms with van der Waals surface area (Å²) in [6.07, 6.45) is 4.16. The molecule has 0 aliphatic carbocycles. The number of likely N-dealkylation sites (tertiary alicyclic amines) is 1. The number of nitrogens with zero attached hydrogens (tertiary/aromatic N) is 5. The van der Waals surface area contributed by atoms with Gasteiger partial charge in [0.05, 0.1) is 6.26 Å². The van der Waals surface area contributed by atoms with E-state index in [0.717, 1.165) is 6.42 Å². The number of oxazole rings is 1. The number of amides is 2. The van der Waals surface area contributed by atoms with E-state index in [-0.39, 0.29) is 29.3 Å². The summed E-state index contributed by atoms with van der Waals surface area (Å²) in [6, 6.07) is 15.6. The van der Waals surface area contributed by atoms with Crippen LogP contribution >= 0.6 is 0 Å². The van der Waals surface area contributed by atoms with E-state index in [1.807, 2.05) is 45.0 Å². The van der Waals surface area contributed by atoms with Crippen molar-refractivity contribution in [1.82, 2.24) is 14.8 Å². The number of piperidine rings is 1. The van der Waals surface area contributed by atoms with Gasteiger partial charge < -0.3 is 23.5 Å². The standard InChI is InChI=1S/C27H29N5O4/c28-19-22-27(36-25(29-22)23-7-4-18-35-23)32-16-14-31(15-17-32)26(34)21-10-12-30(13-11-21)24(33)9-8-20-5-2-1-3-6-20/h1-7,18,21H,8-17H2. The van der Waals surface area contributed by atoms with E-state index in [1.54, 1.807) is 12.1 Å². The van der Waals surface area contributed by atoms with Gasteiger partial charge in [-0.25, -0.2) is 0 Å². The van der Waals surface area contributed by atoms with E-state index >= 15 is 0 Å². The second kappa shape index (κ2) is 10.7. The van der Waals surface area contributed by atoms with Crippen molar-refractivity contribution in [2.24, 2.45) is 5.92 Å². The lowest BCUT2D eigenvalue weighted by atomic mass is 9.94. The van der Waals surface area contributed by atoms with Crippen LogP contribution in [0.5, 0.6) is 0 Å². The molecule has 2 aromatic heterocycles. The molecule has 186 valence electrons. The molecular weight excluding hydrogens is 458 g/mol. The van der Waals surface area contributed by atoms with E-state index in [1.165, 1.54) is 11.8 Å². The molecule has 2 aliphatic heterocycles. The van der Waals surface area contributed by atoms with Crippen LogP contribution in [0.15, 0.2) is 57.6 Å². The normalized spacial score (nSPS) is 16.7. The van der Waals surface area contributed by atoms with E-state index < -0.39 is 0 Å². The first-order chi connectivity index (χ1) is 17.6. The van der Waals surface area contributed by atoms with Crippen molar-refractivity contribution in [3.05, 3.63) is 60.0 Å². The molecule has 36 heavy (non-hydrogen) atoms. The second-order valence-electron chi connectivity index (χ2n) is 9.21. The molecular formula is C27H29N5O4. The van der Waals surface area contributed by atoms with Crippen LogP contribution in [0.1, 0.15) is 30.5 Å². The molecule has 1 aromatic carbocycles. The fourth-order valence-electron chi connectivity index (χ4n) is 4.92. The van der Waals surface area contributed by atoms with Gasteiger partial charge in [0.2, 0.25) is 23.4 Å². The Morgan fingerprint density at radius 1 is 0.972 bits per heavy atom. The average molecular weight is 488 g/mol. The molecule has 9 heteroatoms. The number of furan rings is 1. The highest BCUT2D eigenvalue weighted by atomic mass is 16.4. The molecule has 0 bridgehead atoms. The zero-order valence-corrected chi connectivity index (χ0v) is 20.1. The highest BCUT2D eigenvalue weighted by Gasteiger charge is 2.33. The molecule has 2 saturated heterocycles. The Balaban J connectivity index is 1.10. The van der Waals surface area contributed by atoms with Crippen molar-refractivity contribution in [3.8, 4) is 17.7 Å². The summed E-state index contributed by atoms with van der Waals surface area (Å²) in [5.74, 6) is 1.41. The summed E-state index contributed by atoms with van der Waals surface area (Å²) in [5.41, 5.74) is 1.38. The molecule has 2 aliphatic rings. The van der Waals surface area contributed by atoms with Crippen LogP contribution in [-0.4, -0.2) is 65.9 Å². The number of hydrogen-bond acceptors (Lipinski definition) is 7. The van der Waals surface area contributed by atoms with Gasteiger partial charge in [-0.15, -0.1) is 0 Å². The SMILES string of the molecule is N#Cc1nc(-c2ccco2)oc1N1CCN(C(=O)C2CCN(C(=O)CCc3ccccc3)CC2)CC1. The third kappa shape index (κ3) is 5.13. The fourth-order valence-corrected chi connectivity index (χ4v) is 4.92. The lowest BCUT2D eigenvalue weighted by molar-refractivity contribution is -0.141. The number of carbonyl (C=O) groups excluding carboxylic acids is 2. The quantitative estimate of drug-likeness (QED) is 0.525. The summed E-state index contributed by atoms with van der Waals surface area (Å²) in [5, 5.41) is 9.50. The zero-order valence-electron chi connectivity index (χ0n) is 20.1. The first-order valence-electron chi connectivity index (χ1n) is 12.4. The van der Waals surface area contributed by atoms with Gasteiger partial charge in [-0.05, 0) is 37.0 Å². The lowest BCUT2D eigenvalue weighted by Crippen LogP contribution is -2.52. The van der Waals surface area contributed by atoms with Crippen molar-refractivity contribution < 1.29 is 18.4 Å². The van der Waals surface area contributed by atoms with Gasteiger partial charge in [0, 0.05) is 51.6 Å². The number of carbonyl (C=O) groups is 2. The van der Waals surface area contributed by atoms with Crippen molar-refractivity contribution in [3.63, 3.8) is 0 Å². The smallest absolute Gasteiger partial charge is 0.266 e. The molecule has 0 radical (unpaired) electrons. The molecule has 0 N–H and O–H groups in total. The lowest BCUT2D eigenvalue weighted by Gasteiger charge is -2.38. The predicted molar refractivity (Wildman–Crippen MR) is 132 cm³/mol. The van der Waals surface area contributed by atoms with Gasteiger partial charge in [0.15, 0.2) is 5.76 Å². The maximum Gasteiger partial charge on any atom is 0.266 e. The van der Waals surface area contributed by atoms with Gasteiger partial charge in [0.1, 0.15) is 6.07 Å². The summed E-state index contributed by atoms with van der Waals surface area (Å²) < 4.78 is 11.2. The topological polar surface area (TPSA) is 107 Å². The molecule has 5 rings (SSSR count). The first kappa shape index (κ1) is 23.7. The van der Waals surface area contributed by atoms with Crippen LogP contribution in [0.3, 0.4) is 0 Å². The number of hydrogen-bond donors (Lipinski definition) is 0. The maximum atomic E-state index is 13.2. The highest BCUT2D eigenvalue weighted by molar-refractivity contribution is 5.80. The summed E-state index contributed by atoms with van der Waals surface area (Å²) in [4.78, 5) is 35.8. The van der Waals surface area contributed by atoms with E-state index in [2.05, 4.69) is 11.1 Å². The average Bonchev–Trinajstić information content (AvgIpc) is 3.62. The minimum Gasteiger partial charge on any atom is -0.459 e. The fraction of sp³-hybridized carbons (Fsp3) is 0.407. The predicted octanol–water partition coefficient (Wildman–Crippen LogP) is 3.33. The Morgan fingerprint density at radius 3 is 2.39 bits per heavy atom. The van der Waals surface area contributed by atoms with Crippen LogP contribution in [0.25, 0.3) is 11.7 Å². The molecule has 9 nitrogen and oxygen atoms in total. The second-order valence-corrected chi connectivity index (χ2v) is 9.21. The first-order valence-corrected chi connectivity index (χ1v) is 12.4. The van der Waals surface area contributed by atoms with Crippen LogP contribution < -0.4 is 4.90 Å². The van der Waals surface area contributed by atoms with Crippen molar-refractivity contribution in [1.29, 1.82) is 5.26 Å². The maximum absolute atomic E-state index is 13.2. The molecule has 3 aromatic rings. The van der Waals surface area contributed by atoms with E-state index in [9.17, 15) is 14.9 Å². The third-order valence-electron chi connectivity index (χ3n) is 6.99. The summed E-state index contributed by atoms with van der Waals surface area (Å²) in [7, 11) is 0. The Bertz CT molecular complexity index is 1210. The van der Waals surface area contributed by atoms with Crippen LogP contribution in [0, 0.1) is 17.2 Å². The Morgan fingerprint density at radius 2 is 1.72 bits per heavy atom. The van der Waals surface area contributed by atoms with Crippen LogP contribution in [0.4, 0.5) is 5.88 Å². The van der Waals surface area contributed by atoms with Crippen molar-refractivity contribution >= 4 is 17.7 Å². The molecule has 0 saturated carbocycles. The van der Waals surface area contributed by atoms with E-state index in [0.29, 0.717) is 70.2 Å². The molecule has 0 atom stereocenters. The van der Waals surface area contributed by atoms with Gasteiger partial charge in [-0.1, -0.05) is 30.3 Å². The Labute approximate surface area is 209 Å². The number of piperazine rings is 1. The highest BCUT2D eigenvalue weighted by Crippen LogP contribution is 2.29. The van der Waals surface area contributed by atoms with Crippen LogP contribution in [0.2, 0.25) is 0 Å². The number of aromatic nitrogens is 1. The van der Waals surface area contributed by atoms with Crippen molar-refractivity contribution in [2.75, 3.05) is 44.2 Å². The molecule has 0 spiro atoms. The summed E-state index contributed by atoms with van der Waals surface area (Å²) >= 11 is 0. The van der Waals surface area contributed by atoms with Gasteiger partial charge in [-0.3, -0.25) is 9.59 Å². The molecule has 4 heterocycles. The molecule has 2 amide bonds. The number of aryl methyl sites for hydroxylation is 1. The monoisotopic (exact) mass is 487 g/mol. The van der Waals surface area contributed by atoms with Gasteiger partial charge in [-0.2, -0.15) is 10.2 Å². The minimum atomic E-state index is -0.0553. The Kier molecular flexibility index (Phi) is 7.03.